The summed E-state index contributed by atoms with van der Waals surface area (Å²) in [6.07, 6.45) is -0.804. The third-order valence-electron chi connectivity index (χ3n) is 4.51. The number of amides is 2. The van der Waals surface area contributed by atoms with E-state index in [2.05, 4.69) is 30.5 Å². The largest absolute Gasteiger partial charge is 0.481 e. The van der Waals surface area contributed by atoms with Crippen molar-refractivity contribution in [3.63, 3.8) is 0 Å². The van der Waals surface area contributed by atoms with Gasteiger partial charge in [-0.2, -0.15) is 4.98 Å². The number of ether oxygens (including phenoxy) is 1. The SMILES string of the molecule is COC(=O)c1sc(NC(=O)CC(CC(=O)O)NC(=O)c2cccc(-c3noc(C)n3)c2)nc1C. The average Bonchev–Trinajstić information content (AvgIpc) is 3.37. The van der Waals surface area contributed by atoms with Gasteiger partial charge in [0, 0.05) is 30.5 Å². The number of anilines is 1. The second kappa shape index (κ2) is 10.7. The number of hydrogen-bond acceptors (Lipinski definition) is 10. The van der Waals surface area contributed by atoms with Crippen LogP contribution in [-0.2, 0) is 14.3 Å². The predicted molar refractivity (Wildman–Crippen MR) is 119 cm³/mol. The molecule has 0 aliphatic rings. The predicted octanol–water partition coefficient (Wildman–Crippen LogP) is 2.20. The summed E-state index contributed by atoms with van der Waals surface area (Å²) < 4.78 is 9.61. The zero-order valence-corrected chi connectivity index (χ0v) is 19.3. The first-order valence-corrected chi connectivity index (χ1v) is 10.8. The maximum atomic E-state index is 12.8. The van der Waals surface area contributed by atoms with Gasteiger partial charge in [0.05, 0.1) is 19.2 Å². The van der Waals surface area contributed by atoms with Crippen molar-refractivity contribution in [1.82, 2.24) is 20.4 Å². The molecule has 178 valence electrons. The number of aliphatic carboxylic acids is 1. The molecular weight excluding hydrogens is 466 g/mol. The molecule has 0 saturated heterocycles. The summed E-state index contributed by atoms with van der Waals surface area (Å²) >= 11 is 0.933. The van der Waals surface area contributed by atoms with Crippen molar-refractivity contribution in [2.45, 2.75) is 32.7 Å². The van der Waals surface area contributed by atoms with Crippen LogP contribution in [0.5, 0.6) is 0 Å². The number of carboxylic acid groups (broad SMARTS) is 1. The average molecular weight is 487 g/mol. The van der Waals surface area contributed by atoms with Crippen molar-refractivity contribution in [3.05, 3.63) is 46.3 Å². The maximum Gasteiger partial charge on any atom is 0.350 e. The van der Waals surface area contributed by atoms with E-state index in [4.69, 9.17) is 4.52 Å². The van der Waals surface area contributed by atoms with E-state index in [0.717, 1.165) is 11.3 Å². The third kappa shape index (κ3) is 6.22. The number of hydrogen-bond donors (Lipinski definition) is 3. The van der Waals surface area contributed by atoms with Crippen molar-refractivity contribution in [2.75, 3.05) is 12.4 Å². The molecular formula is C21H21N5O7S. The van der Waals surface area contributed by atoms with Crippen molar-refractivity contribution >= 4 is 40.2 Å². The van der Waals surface area contributed by atoms with Crippen LogP contribution in [-0.4, -0.2) is 57.1 Å². The second-order valence-electron chi connectivity index (χ2n) is 7.16. The molecule has 3 N–H and O–H groups in total. The Labute approximate surface area is 197 Å². The molecule has 2 amide bonds. The summed E-state index contributed by atoms with van der Waals surface area (Å²) in [7, 11) is 1.23. The van der Waals surface area contributed by atoms with Crippen LogP contribution in [0.3, 0.4) is 0 Å². The van der Waals surface area contributed by atoms with Gasteiger partial charge < -0.3 is 25.0 Å². The minimum atomic E-state index is -1.19. The summed E-state index contributed by atoms with van der Waals surface area (Å²) in [5.41, 5.74) is 1.16. The lowest BCUT2D eigenvalue weighted by molar-refractivity contribution is -0.137. The first kappa shape index (κ1) is 24.5. The number of methoxy groups -OCH3 is 1. The molecule has 3 rings (SSSR count). The van der Waals surface area contributed by atoms with Crippen LogP contribution in [0.2, 0.25) is 0 Å². The van der Waals surface area contributed by atoms with Crippen LogP contribution in [0, 0.1) is 13.8 Å². The number of thiazole rings is 1. The topological polar surface area (TPSA) is 174 Å². The lowest BCUT2D eigenvalue weighted by Crippen LogP contribution is -2.39. The Bertz CT molecular complexity index is 1240. The quantitative estimate of drug-likeness (QED) is 0.380. The summed E-state index contributed by atoms with van der Waals surface area (Å²) in [5.74, 6) is -2.24. The zero-order valence-electron chi connectivity index (χ0n) is 18.4. The van der Waals surface area contributed by atoms with E-state index < -0.39 is 36.2 Å². The van der Waals surface area contributed by atoms with Crippen LogP contribution in [0.1, 0.15) is 44.5 Å². The molecule has 0 bridgehead atoms. The number of aryl methyl sites for hydroxylation is 2. The Morgan fingerprint density at radius 2 is 1.94 bits per heavy atom. The molecule has 12 nitrogen and oxygen atoms in total. The van der Waals surface area contributed by atoms with E-state index in [0.29, 0.717) is 23.0 Å². The maximum absolute atomic E-state index is 12.8. The molecule has 1 aromatic carbocycles. The minimum Gasteiger partial charge on any atom is -0.481 e. The number of benzene rings is 1. The smallest absolute Gasteiger partial charge is 0.350 e. The number of rotatable bonds is 9. The lowest BCUT2D eigenvalue weighted by Gasteiger charge is -2.16. The zero-order chi connectivity index (χ0) is 24.8. The molecule has 2 aromatic heterocycles. The molecule has 0 saturated carbocycles. The van der Waals surface area contributed by atoms with Crippen molar-refractivity contribution in [3.8, 4) is 11.4 Å². The molecule has 0 aliphatic carbocycles. The molecule has 13 heteroatoms. The standard InChI is InChI=1S/C21H21N5O7S/c1-10-17(20(31)32-3)34-21(22-10)25-15(27)8-14(9-16(28)29)24-19(30)13-6-4-5-12(7-13)18-23-11(2)33-26-18/h4-7,14H,8-9H2,1-3H3,(H,24,30)(H,28,29)(H,22,25,27). The first-order chi connectivity index (χ1) is 16.2. The number of nitrogens with zero attached hydrogens (tertiary/aromatic N) is 3. The summed E-state index contributed by atoms with van der Waals surface area (Å²) in [6.45, 7) is 3.23. The molecule has 0 radical (unpaired) electrons. The van der Waals surface area contributed by atoms with Crippen LogP contribution in [0.15, 0.2) is 28.8 Å². The van der Waals surface area contributed by atoms with Gasteiger partial charge in [0.1, 0.15) is 4.88 Å². The van der Waals surface area contributed by atoms with E-state index in [9.17, 15) is 24.3 Å². The Hall–Kier alpha value is -4.13. The molecule has 0 fully saturated rings. The van der Waals surface area contributed by atoms with Gasteiger partial charge in [0.15, 0.2) is 5.13 Å². The van der Waals surface area contributed by atoms with E-state index in [1.165, 1.54) is 19.2 Å². The van der Waals surface area contributed by atoms with Gasteiger partial charge in [0.25, 0.3) is 5.91 Å². The number of carbonyl (C=O) groups is 4. The minimum absolute atomic E-state index is 0.159. The summed E-state index contributed by atoms with van der Waals surface area (Å²) in [4.78, 5) is 56.7. The molecule has 3 aromatic rings. The molecule has 34 heavy (non-hydrogen) atoms. The third-order valence-corrected chi connectivity index (χ3v) is 5.57. The van der Waals surface area contributed by atoms with Gasteiger partial charge in [-0.05, 0) is 19.1 Å². The van der Waals surface area contributed by atoms with Gasteiger partial charge >= 0.3 is 11.9 Å². The van der Waals surface area contributed by atoms with Crippen LogP contribution < -0.4 is 10.6 Å². The summed E-state index contributed by atoms with van der Waals surface area (Å²) in [6, 6.07) is 5.39. The second-order valence-corrected chi connectivity index (χ2v) is 8.16. The van der Waals surface area contributed by atoms with Crippen molar-refractivity contribution < 1.29 is 33.5 Å². The number of carbonyl (C=O) groups excluding carboxylic acids is 3. The number of nitrogens with one attached hydrogen (secondary N) is 2. The van der Waals surface area contributed by atoms with Gasteiger partial charge in [-0.3, -0.25) is 14.4 Å². The molecule has 1 atom stereocenters. The van der Waals surface area contributed by atoms with Crippen LogP contribution in [0.4, 0.5) is 5.13 Å². The molecule has 1 unspecified atom stereocenters. The molecule has 0 aliphatic heterocycles. The number of aromatic nitrogens is 3. The summed E-state index contributed by atoms with van der Waals surface area (Å²) in [5, 5.41) is 18.3. The number of carboxylic acids is 1. The monoisotopic (exact) mass is 487 g/mol. The van der Waals surface area contributed by atoms with E-state index in [1.807, 2.05) is 0 Å². The van der Waals surface area contributed by atoms with E-state index in [-0.39, 0.29) is 22.0 Å². The highest BCUT2D eigenvalue weighted by molar-refractivity contribution is 7.17. The fourth-order valence-electron chi connectivity index (χ4n) is 3.00. The lowest BCUT2D eigenvalue weighted by atomic mass is 10.1. The fourth-order valence-corrected chi connectivity index (χ4v) is 3.90. The highest BCUT2D eigenvalue weighted by Crippen LogP contribution is 2.23. The first-order valence-electron chi connectivity index (χ1n) is 9.95. The highest BCUT2D eigenvalue weighted by atomic mass is 32.1. The Kier molecular flexibility index (Phi) is 7.68. The highest BCUT2D eigenvalue weighted by Gasteiger charge is 2.23. The normalized spacial score (nSPS) is 11.5. The van der Waals surface area contributed by atoms with E-state index >= 15 is 0 Å². The Balaban J connectivity index is 1.69. The Morgan fingerprint density at radius 1 is 1.18 bits per heavy atom. The van der Waals surface area contributed by atoms with Crippen LogP contribution in [0.25, 0.3) is 11.4 Å². The fraction of sp³-hybridized carbons (Fsp3) is 0.286. The van der Waals surface area contributed by atoms with Gasteiger partial charge in [-0.1, -0.05) is 28.6 Å². The Morgan fingerprint density at radius 3 is 2.59 bits per heavy atom. The van der Waals surface area contributed by atoms with E-state index in [1.54, 1.807) is 26.0 Å². The van der Waals surface area contributed by atoms with Crippen molar-refractivity contribution in [1.29, 1.82) is 0 Å². The van der Waals surface area contributed by atoms with Crippen LogP contribution >= 0.6 is 11.3 Å². The van der Waals surface area contributed by atoms with Crippen molar-refractivity contribution in [2.24, 2.45) is 0 Å². The molecule has 0 spiro atoms. The number of esters is 1. The molecule has 2 heterocycles. The van der Waals surface area contributed by atoms with Gasteiger partial charge in [-0.25, -0.2) is 9.78 Å². The van der Waals surface area contributed by atoms with Gasteiger partial charge in [0.2, 0.25) is 17.6 Å². The van der Waals surface area contributed by atoms with Gasteiger partial charge in [-0.15, -0.1) is 0 Å².